The molecule has 1 aromatic carbocycles. The third kappa shape index (κ3) is 4.73. The Morgan fingerprint density at radius 3 is 2.26 bits per heavy atom. The van der Waals surface area contributed by atoms with Gasteiger partial charge in [0.05, 0.1) is 18.1 Å². The van der Waals surface area contributed by atoms with E-state index in [1.54, 1.807) is 18.2 Å². The normalized spacial score (nSPS) is 16.7. The first kappa shape index (κ1) is 20.0. The number of halogens is 1. The van der Waals surface area contributed by atoms with Crippen LogP contribution in [0, 0.1) is 0 Å². The summed E-state index contributed by atoms with van der Waals surface area (Å²) in [5.41, 5.74) is 5.84. The van der Waals surface area contributed by atoms with Crippen LogP contribution < -0.4 is 15.2 Å². The van der Waals surface area contributed by atoms with E-state index in [0.29, 0.717) is 50.6 Å². The number of ether oxygens (including phenoxy) is 2. The first-order valence-corrected chi connectivity index (χ1v) is 9.08. The van der Waals surface area contributed by atoms with E-state index >= 15 is 0 Å². The average molecular weight is 365 g/mol. The molecule has 8 heteroatoms. The molecule has 0 atom stereocenters. The molecule has 2 rings (SSSR count). The summed E-state index contributed by atoms with van der Waals surface area (Å²) >= 11 is 0. The predicted molar refractivity (Wildman–Crippen MR) is 92.0 cm³/mol. The zero-order valence-corrected chi connectivity index (χ0v) is 15.2. The third-order valence-electron chi connectivity index (χ3n) is 3.65. The molecule has 0 aromatic heterocycles. The van der Waals surface area contributed by atoms with E-state index in [0.717, 1.165) is 0 Å². The SMILES string of the molecule is CCOc1ccc(S(=O)(=O)N2CCC(N)CC2)cc1OCC.Cl. The molecule has 0 saturated carbocycles. The van der Waals surface area contributed by atoms with Crippen molar-refractivity contribution in [3.05, 3.63) is 18.2 Å². The van der Waals surface area contributed by atoms with Gasteiger partial charge in [0.15, 0.2) is 11.5 Å². The third-order valence-corrected chi connectivity index (χ3v) is 5.55. The van der Waals surface area contributed by atoms with Crippen molar-refractivity contribution in [2.24, 2.45) is 5.73 Å². The van der Waals surface area contributed by atoms with E-state index < -0.39 is 10.0 Å². The maximum atomic E-state index is 12.7. The molecule has 1 aliphatic heterocycles. The number of rotatable bonds is 6. The highest BCUT2D eigenvalue weighted by atomic mass is 35.5. The molecule has 0 aliphatic carbocycles. The summed E-state index contributed by atoms with van der Waals surface area (Å²) in [7, 11) is -3.52. The van der Waals surface area contributed by atoms with Crippen molar-refractivity contribution >= 4 is 22.4 Å². The smallest absolute Gasteiger partial charge is 0.243 e. The van der Waals surface area contributed by atoms with Crippen LogP contribution >= 0.6 is 12.4 Å². The Bertz CT molecular complexity index is 601. The highest BCUT2D eigenvalue weighted by molar-refractivity contribution is 7.89. The van der Waals surface area contributed by atoms with Gasteiger partial charge in [0.1, 0.15) is 0 Å². The van der Waals surface area contributed by atoms with E-state index in [-0.39, 0.29) is 23.3 Å². The number of benzene rings is 1. The summed E-state index contributed by atoms with van der Waals surface area (Å²) in [6, 6.07) is 4.85. The van der Waals surface area contributed by atoms with Crippen LogP contribution in [0.1, 0.15) is 26.7 Å². The molecular formula is C15H25ClN2O4S. The van der Waals surface area contributed by atoms with Crippen LogP contribution in [0.5, 0.6) is 11.5 Å². The zero-order valence-electron chi connectivity index (χ0n) is 13.5. The Hall–Kier alpha value is -1.02. The minimum atomic E-state index is -3.52. The fraction of sp³-hybridized carbons (Fsp3) is 0.600. The second-order valence-electron chi connectivity index (χ2n) is 5.22. The summed E-state index contributed by atoms with van der Waals surface area (Å²) in [5, 5.41) is 0. The van der Waals surface area contributed by atoms with Gasteiger partial charge in [0, 0.05) is 25.2 Å². The van der Waals surface area contributed by atoms with Crippen molar-refractivity contribution in [1.82, 2.24) is 4.31 Å². The zero-order chi connectivity index (χ0) is 16.2. The van der Waals surface area contributed by atoms with Crippen molar-refractivity contribution in [1.29, 1.82) is 0 Å². The lowest BCUT2D eigenvalue weighted by atomic mass is 10.1. The summed E-state index contributed by atoms with van der Waals surface area (Å²) in [6.45, 7) is 5.58. The monoisotopic (exact) mass is 364 g/mol. The maximum absolute atomic E-state index is 12.7. The molecule has 1 saturated heterocycles. The first-order valence-electron chi connectivity index (χ1n) is 7.64. The average Bonchev–Trinajstić information content (AvgIpc) is 2.50. The van der Waals surface area contributed by atoms with Gasteiger partial charge in [-0.1, -0.05) is 0 Å². The summed E-state index contributed by atoms with van der Waals surface area (Å²) < 4.78 is 37.9. The van der Waals surface area contributed by atoms with Crippen molar-refractivity contribution in [3.8, 4) is 11.5 Å². The minimum Gasteiger partial charge on any atom is -0.490 e. The highest BCUT2D eigenvalue weighted by Crippen LogP contribution is 2.32. The number of sulfonamides is 1. The van der Waals surface area contributed by atoms with Crippen LogP contribution in [0.25, 0.3) is 0 Å². The predicted octanol–water partition coefficient (Wildman–Crippen LogP) is 2.02. The lowest BCUT2D eigenvalue weighted by molar-refractivity contribution is 0.286. The molecule has 23 heavy (non-hydrogen) atoms. The van der Waals surface area contributed by atoms with Crippen LogP contribution in [-0.2, 0) is 10.0 Å². The second kappa shape index (κ2) is 8.73. The van der Waals surface area contributed by atoms with Crippen LogP contribution in [0.15, 0.2) is 23.1 Å². The molecule has 0 radical (unpaired) electrons. The molecule has 1 fully saturated rings. The lowest BCUT2D eigenvalue weighted by Crippen LogP contribution is -2.42. The largest absolute Gasteiger partial charge is 0.490 e. The molecule has 0 amide bonds. The van der Waals surface area contributed by atoms with Gasteiger partial charge in [-0.05, 0) is 38.8 Å². The molecule has 132 valence electrons. The van der Waals surface area contributed by atoms with E-state index in [1.165, 1.54) is 4.31 Å². The molecule has 0 spiro atoms. The van der Waals surface area contributed by atoms with Crippen molar-refractivity contribution in [2.75, 3.05) is 26.3 Å². The van der Waals surface area contributed by atoms with Gasteiger partial charge in [0.25, 0.3) is 0 Å². The number of nitrogens with two attached hydrogens (primary N) is 1. The minimum absolute atomic E-state index is 0. The Morgan fingerprint density at radius 1 is 1.13 bits per heavy atom. The second-order valence-corrected chi connectivity index (χ2v) is 7.15. The Labute approximate surface area is 144 Å². The highest BCUT2D eigenvalue weighted by Gasteiger charge is 2.29. The number of hydrogen-bond acceptors (Lipinski definition) is 5. The van der Waals surface area contributed by atoms with Crippen LogP contribution in [0.3, 0.4) is 0 Å². The van der Waals surface area contributed by atoms with Crippen LogP contribution in [0.2, 0.25) is 0 Å². The summed E-state index contributed by atoms with van der Waals surface area (Å²) in [4.78, 5) is 0.231. The molecule has 1 aromatic rings. The Morgan fingerprint density at radius 2 is 1.70 bits per heavy atom. The molecule has 0 bridgehead atoms. The number of hydrogen-bond donors (Lipinski definition) is 1. The van der Waals surface area contributed by atoms with Gasteiger partial charge < -0.3 is 15.2 Å². The van der Waals surface area contributed by atoms with Crippen LogP contribution in [-0.4, -0.2) is 45.1 Å². The van der Waals surface area contributed by atoms with E-state index in [9.17, 15) is 8.42 Å². The summed E-state index contributed by atoms with van der Waals surface area (Å²) in [6.07, 6.45) is 1.38. The molecule has 1 aliphatic rings. The van der Waals surface area contributed by atoms with Crippen molar-refractivity contribution < 1.29 is 17.9 Å². The Balaban J connectivity index is 0.00000264. The fourth-order valence-corrected chi connectivity index (χ4v) is 3.94. The quantitative estimate of drug-likeness (QED) is 0.835. The molecule has 0 unspecified atom stereocenters. The van der Waals surface area contributed by atoms with Crippen LogP contribution in [0.4, 0.5) is 0 Å². The van der Waals surface area contributed by atoms with E-state index in [1.807, 2.05) is 13.8 Å². The topological polar surface area (TPSA) is 81.9 Å². The van der Waals surface area contributed by atoms with Gasteiger partial charge >= 0.3 is 0 Å². The van der Waals surface area contributed by atoms with Crippen molar-refractivity contribution in [2.45, 2.75) is 37.6 Å². The van der Waals surface area contributed by atoms with Gasteiger partial charge in [0.2, 0.25) is 10.0 Å². The van der Waals surface area contributed by atoms with Gasteiger partial charge in [-0.25, -0.2) is 8.42 Å². The van der Waals surface area contributed by atoms with Gasteiger partial charge in [-0.15, -0.1) is 12.4 Å². The van der Waals surface area contributed by atoms with E-state index in [4.69, 9.17) is 15.2 Å². The van der Waals surface area contributed by atoms with E-state index in [2.05, 4.69) is 0 Å². The number of nitrogens with zero attached hydrogens (tertiary/aromatic N) is 1. The first-order chi connectivity index (χ1) is 10.5. The fourth-order valence-electron chi connectivity index (χ4n) is 2.46. The van der Waals surface area contributed by atoms with Gasteiger partial charge in [-0.3, -0.25) is 0 Å². The van der Waals surface area contributed by atoms with Gasteiger partial charge in [-0.2, -0.15) is 4.31 Å². The molecule has 6 nitrogen and oxygen atoms in total. The lowest BCUT2D eigenvalue weighted by Gasteiger charge is -2.29. The molecule has 2 N–H and O–H groups in total. The molecular weight excluding hydrogens is 340 g/mol. The van der Waals surface area contributed by atoms with Crippen molar-refractivity contribution in [3.63, 3.8) is 0 Å². The standard InChI is InChI=1S/C15H24N2O4S.ClH/c1-3-20-14-6-5-13(11-15(14)21-4-2)22(18,19)17-9-7-12(16)8-10-17;/h5-6,11-12H,3-4,7-10,16H2,1-2H3;1H. The Kier molecular flexibility index (Phi) is 7.60. The number of piperidine rings is 1. The maximum Gasteiger partial charge on any atom is 0.243 e. The molecule has 1 heterocycles. The summed E-state index contributed by atoms with van der Waals surface area (Å²) in [5.74, 6) is 1.02.